The fourth-order valence-electron chi connectivity index (χ4n) is 8.71. The number of hydrogen-bond donors (Lipinski definition) is 0. The van der Waals surface area contributed by atoms with Gasteiger partial charge in [-0.05, 0) is 38.8 Å². The Morgan fingerprint density at radius 3 is 1.42 bits per heavy atom. The Morgan fingerprint density at radius 1 is 0.526 bits per heavy atom. The minimum Gasteiger partial charge on any atom is -0.380 e. The van der Waals surface area contributed by atoms with E-state index in [9.17, 15) is 0 Å². The molecule has 2 aliphatic heterocycles. The lowest BCUT2D eigenvalue weighted by Gasteiger charge is -2.65. The molecule has 0 aromatic heterocycles. The molecule has 5 fully saturated rings. The summed E-state index contributed by atoms with van der Waals surface area (Å²) in [5.41, 5.74) is 0. The molecule has 5 aliphatic rings. The molecule has 0 aromatic rings. The van der Waals surface area contributed by atoms with Gasteiger partial charge in [0.2, 0.25) is 0 Å². The summed E-state index contributed by atoms with van der Waals surface area (Å²) in [6.07, 6.45) is 2.35. The Hall–Kier alpha value is 0.380. The van der Waals surface area contributed by atoms with Crippen molar-refractivity contribution in [3.05, 3.63) is 0 Å². The monoisotopic (exact) mass is 574 g/mol. The van der Waals surface area contributed by atoms with Gasteiger partial charge in [-0.15, -0.1) is 23.5 Å². The van der Waals surface area contributed by atoms with E-state index in [1.807, 2.05) is 40.2 Å². The number of ether oxygens (including phenoxy) is 6. The molecule has 0 bridgehead atoms. The van der Waals surface area contributed by atoms with Gasteiger partial charge in [0, 0.05) is 65.2 Å². The zero-order valence-corrected chi connectivity index (χ0v) is 26.4. The van der Waals surface area contributed by atoms with E-state index in [0.29, 0.717) is 34.4 Å². The number of methoxy groups -OCH3 is 6. The second-order valence-corrected chi connectivity index (χ2v) is 14.9. The van der Waals surface area contributed by atoms with E-state index in [2.05, 4.69) is 49.5 Å². The van der Waals surface area contributed by atoms with Gasteiger partial charge in [-0.2, -0.15) is 0 Å². The van der Waals surface area contributed by atoms with Gasteiger partial charge < -0.3 is 28.4 Å². The van der Waals surface area contributed by atoms with Crippen LogP contribution in [0.4, 0.5) is 0 Å². The highest BCUT2D eigenvalue weighted by Crippen LogP contribution is 2.55. The molecule has 0 aromatic carbocycles. The van der Waals surface area contributed by atoms with Crippen LogP contribution >= 0.6 is 23.5 Å². The van der Waals surface area contributed by atoms with E-state index < -0.39 is 0 Å². The van der Waals surface area contributed by atoms with Crippen molar-refractivity contribution in [1.29, 1.82) is 0 Å². The van der Waals surface area contributed by atoms with E-state index in [4.69, 9.17) is 28.4 Å². The van der Waals surface area contributed by atoms with E-state index in [0.717, 1.165) is 6.42 Å². The summed E-state index contributed by atoms with van der Waals surface area (Å²) in [6, 6.07) is 1.26. The molecule has 3 aliphatic carbocycles. The fraction of sp³-hybridized carbons (Fsp3) is 1.00. The zero-order valence-electron chi connectivity index (χ0n) is 24.8. The molecule has 3 saturated carbocycles. The Morgan fingerprint density at radius 2 is 0.974 bits per heavy atom. The molecule has 0 radical (unpaired) electrons. The molecule has 5 rings (SSSR count). The lowest BCUT2D eigenvalue weighted by atomic mass is 9.74. The first-order valence-corrected chi connectivity index (χ1v) is 16.1. The summed E-state index contributed by atoms with van der Waals surface area (Å²) in [4.78, 5) is 5.23. The lowest BCUT2D eigenvalue weighted by molar-refractivity contribution is -0.158. The van der Waals surface area contributed by atoms with Crippen molar-refractivity contribution in [2.75, 3.05) is 56.8 Å². The SMILES string of the molecule is COC1CC2C(SC3C(OC)C4C(SC5C(OC)C(C)C(C)CC5N4C)C(OC)C3N2C)C(OC)C1OC. The van der Waals surface area contributed by atoms with Crippen LogP contribution in [0.5, 0.6) is 0 Å². The van der Waals surface area contributed by atoms with E-state index in [-0.39, 0.29) is 59.2 Å². The smallest absolute Gasteiger partial charge is 0.110 e. The maximum atomic E-state index is 6.48. The minimum absolute atomic E-state index is 0.00881. The molecule has 2 heterocycles. The number of thioether (sulfide) groups is 2. The molecule has 10 heteroatoms. The molecule has 8 nitrogen and oxygen atoms in total. The predicted molar refractivity (Wildman–Crippen MR) is 153 cm³/mol. The van der Waals surface area contributed by atoms with E-state index in [1.165, 1.54) is 6.42 Å². The van der Waals surface area contributed by atoms with Gasteiger partial charge in [-0.1, -0.05) is 13.8 Å². The summed E-state index contributed by atoms with van der Waals surface area (Å²) in [5.74, 6) is 1.16. The summed E-state index contributed by atoms with van der Waals surface area (Å²) in [7, 11) is 15.7. The van der Waals surface area contributed by atoms with Gasteiger partial charge >= 0.3 is 0 Å². The molecule has 0 N–H and O–H groups in total. The molecule has 0 amide bonds. The normalized spacial score (nSPS) is 53.5. The molecule has 16 atom stereocenters. The van der Waals surface area contributed by atoms with Crippen molar-refractivity contribution in [1.82, 2.24) is 9.80 Å². The maximum Gasteiger partial charge on any atom is 0.110 e. The molecule has 0 spiro atoms. The summed E-state index contributed by atoms with van der Waals surface area (Å²) >= 11 is 4.16. The van der Waals surface area contributed by atoms with Crippen molar-refractivity contribution < 1.29 is 28.4 Å². The summed E-state index contributed by atoms with van der Waals surface area (Å²) < 4.78 is 37.2. The Kier molecular flexibility index (Phi) is 9.38. The molecule has 2 saturated heterocycles. The third kappa shape index (κ3) is 4.52. The second kappa shape index (κ2) is 11.9. The number of fused-ring (bicyclic) bond motifs is 4. The number of nitrogens with zero attached hydrogens (tertiary/aromatic N) is 2. The standard InChI is InChI=1S/C28H50N2O6S2/c1-13-11-15-25(20(32-6)14(13)2)37-27-18(29(15)3)22(34-8)28-19(23(27)35-9)30(4)16-12-17(31-5)21(33-7)24(36-10)26(16)38-28/h13-28H,11-12H2,1-10H3. The van der Waals surface area contributed by atoms with E-state index in [1.54, 1.807) is 14.2 Å². The van der Waals surface area contributed by atoms with E-state index >= 15 is 0 Å². The van der Waals surface area contributed by atoms with Gasteiger partial charge in [0.15, 0.2) is 0 Å². The average Bonchev–Trinajstić information content (AvgIpc) is 2.92. The first-order valence-electron chi connectivity index (χ1n) is 14.2. The van der Waals surface area contributed by atoms with Gasteiger partial charge in [0.25, 0.3) is 0 Å². The van der Waals surface area contributed by atoms with Crippen LogP contribution in [0.1, 0.15) is 26.7 Å². The summed E-state index contributed by atoms with van der Waals surface area (Å²) in [5, 5.41) is 1.23. The molecular weight excluding hydrogens is 524 g/mol. The van der Waals surface area contributed by atoms with Crippen LogP contribution in [0.3, 0.4) is 0 Å². The second-order valence-electron chi connectivity index (χ2n) is 12.2. The summed E-state index contributed by atoms with van der Waals surface area (Å²) in [6.45, 7) is 4.75. The van der Waals surface area contributed by atoms with Crippen LogP contribution in [0, 0.1) is 11.8 Å². The van der Waals surface area contributed by atoms with Crippen molar-refractivity contribution in [3.8, 4) is 0 Å². The first-order chi connectivity index (χ1) is 18.3. The number of hydrogen-bond acceptors (Lipinski definition) is 10. The predicted octanol–water partition coefficient (Wildman–Crippen LogP) is 2.48. The number of rotatable bonds is 6. The Bertz CT molecular complexity index is 811. The highest BCUT2D eigenvalue weighted by Gasteiger charge is 2.64. The van der Waals surface area contributed by atoms with Gasteiger partial charge in [-0.25, -0.2) is 0 Å². The van der Waals surface area contributed by atoms with Gasteiger partial charge in [0.1, 0.15) is 6.10 Å². The van der Waals surface area contributed by atoms with Crippen molar-refractivity contribution in [2.24, 2.45) is 11.8 Å². The highest BCUT2D eigenvalue weighted by molar-refractivity contribution is 8.01. The molecule has 220 valence electrons. The van der Waals surface area contributed by atoms with Crippen molar-refractivity contribution in [3.63, 3.8) is 0 Å². The van der Waals surface area contributed by atoms with Crippen LogP contribution in [0.2, 0.25) is 0 Å². The highest BCUT2D eigenvalue weighted by atomic mass is 32.2. The lowest BCUT2D eigenvalue weighted by Crippen LogP contribution is -2.78. The molecular formula is C28H50N2O6S2. The van der Waals surface area contributed by atoms with Crippen molar-refractivity contribution >= 4 is 23.5 Å². The van der Waals surface area contributed by atoms with Crippen LogP contribution < -0.4 is 0 Å². The van der Waals surface area contributed by atoms with Crippen LogP contribution in [0.25, 0.3) is 0 Å². The Balaban J connectivity index is 1.51. The minimum atomic E-state index is -0.0929. The molecule has 38 heavy (non-hydrogen) atoms. The van der Waals surface area contributed by atoms with Crippen LogP contribution in [-0.2, 0) is 28.4 Å². The third-order valence-corrected chi connectivity index (χ3v) is 14.4. The maximum absolute atomic E-state index is 6.48. The largest absolute Gasteiger partial charge is 0.380 e. The van der Waals surface area contributed by atoms with Crippen LogP contribution in [0.15, 0.2) is 0 Å². The third-order valence-electron chi connectivity index (χ3n) is 10.9. The van der Waals surface area contributed by atoms with Gasteiger partial charge in [0.05, 0.1) is 53.1 Å². The quantitative estimate of drug-likeness (QED) is 0.473. The number of likely N-dealkylation sites (N-methyl/N-ethyl adjacent to an activating group) is 2. The molecule has 16 unspecified atom stereocenters. The van der Waals surface area contributed by atoms with Gasteiger partial charge in [-0.3, -0.25) is 9.80 Å². The first kappa shape index (κ1) is 29.9. The topological polar surface area (TPSA) is 61.9 Å². The van der Waals surface area contributed by atoms with Crippen molar-refractivity contribution in [2.45, 2.75) is 108 Å². The van der Waals surface area contributed by atoms with Crippen LogP contribution in [-0.4, -0.2) is 148 Å². The Labute approximate surface area is 238 Å². The zero-order chi connectivity index (χ0) is 27.5. The average molecular weight is 575 g/mol. The fourth-order valence-corrected chi connectivity index (χ4v) is 13.2.